The van der Waals surface area contributed by atoms with Crippen LogP contribution in [0.1, 0.15) is 37.7 Å². The first-order chi connectivity index (χ1) is 14.0. The van der Waals surface area contributed by atoms with E-state index in [9.17, 15) is 14.4 Å². The van der Waals surface area contributed by atoms with Crippen molar-refractivity contribution in [3.8, 4) is 0 Å². The van der Waals surface area contributed by atoms with Crippen molar-refractivity contribution in [2.24, 2.45) is 0 Å². The van der Waals surface area contributed by atoms with Gasteiger partial charge in [0.1, 0.15) is 5.54 Å². The van der Waals surface area contributed by atoms with Gasteiger partial charge in [-0.15, -0.1) is 0 Å². The Kier molecular flexibility index (Phi) is 5.45. The molecule has 156 valence electrons. The molecule has 2 aliphatic heterocycles. The van der Waals surface area contributed by atoms with Gasteiger partial charge >= 0.3 is 6.03 Å². The number of urea groups is 1. The predicted octanol–water partition coefficient (Wildman–Crippen LogP) is -0.0142. The van der Waals surface area contributed by atoms with Gasteiger partial charge in [0.15, 0.2) is 6.54 Å². The summed E-state index contributed by atoms with van der Waals surface area (Å²) in [7, 11) is 0. The van der Waals surface area contributed by atoms with Crippen molar-refractivity contribution in [2.45, 2.75) is 44.6 Å². The molecule has 2 heterocycles. The molecule has 0 atom stereocenters. The topological polar surface area (TPSA) is 86.2 Å². The molecule has 3 aliphatic rings. The number of piperazine rings is 1. The Hall–Kier alpha value is -2.61. The Bertz CT molecular complexity index is 797. The van der Waals surface area contributed by atoms with Crippen LogP contribution in [0.5, 0.6) is 0 Å². The van der Waals surface area contributed by atoms with Crippen LogP contribution in [0, 0.1) is 6.92 Å². The molecule has 0 bridgehead atoms. The molecule has 1 saturated carbocycles. The van der Waals surface area contributed by atoms with Crippen molar-refractivity contribution in [2.75, 3.05) is 37.6 Å². The van der Waals surface area contributed by atoms with E-state index in [0.717, 1.165) is 55.4 Å². The van der Waals surface area contributed by atoms with Gasteiger partial charge in [0.25, 0.3) is 11.8 Å². The molecule has 29 heavy (non-hydrogen) atoms. The van der Waals surface area contributed by atoms with Gasteiger partial charge in [0.2, 0.25) is 0 Å². The number of imide groups is 1. The minimum atomic E-state index is -0.811. The number of para-hydroxylation sites is 1. The molecular weight excluding hydrogens is 370 g/mol. The Morgan fingerprint density at radius 2 is 1.83 bits per heavy atom. The van der Waals surface area contributed by atoms with Crippen LogP contribution in [0.15, 0.2) is 24.3 Å². The molecule has 8 heteroatoms. The third kappa shape index (κ3) is 3.94. The number of aryl methyl sites for hydroxylation is 1. The second-order valence-electron chi connectivity index (χ2n) is 8.45. The average molecular weight is 401 g/mol. The number of hydrogen-bond acceptors (Lipinski definition) is 4. The first-order valence-corrected chi connectivity index (χ1v) is 10.6. The Morgan fingerprint density at radius 3 is 2.52 bits per heavy atom. The summed E-state index contributed by atoms with van der Waals surface area (Å²) in [4.78, 5) is 41.1. The lowest BCUT2D eigenvalue weighted by atomic mass is 9.82. The summed E-state index contributed by atoms with van der Waals surface area (Å²) in [6.07, 6.45) is 4.22. The summed E-state index contributed by atoms with van der Waals surface area (Å²) in [5, 5.41) is 3.72. The number of hydrogen-bond donors (Lipinski definition) is 3. The standard InChI is InChI=1S/C21H29N5O3/c1-16-7-3-4-8-17(16)25-13-11-24(12-14-25)15-18(27)23-26-19(28)21(22-20(26)29)9-5-2-6-10-21/h3-4,7-8H,2,5-6,9-15H2,1H3,(H,22,29)(H,23,27)/p+1. The van der Waals surface area contributed by atoms with Crippen LogP contribution in [0.25, 0.3) is 0 Å². The lowest BCUT2D eigenvalue weighted by Gasteiger charge is -2.34. The number of nitrogens with one attached hydrogen (secondary N) is 3. The van der Waals surface area contributed by atoms with Crippen LogP contribution >= 0.6 is 0 Å². The number of anilines is 1. The van der Waals surface area contributed by atoms with Crippen LogP contribution < -0.4 is 20.5 Å². The molecule has 0 radical (unpaired) electrons. The third-order valence-corrected chi connectivity index (χ3v) is 6.44. The molecule has 1 spiro atoms. The molecule has 4 rings (SSSR count). The average Bonchev–Trinajstić information content (AvgIpc) is 2.93. The largest absolute Gasteiger partial charge is 0.360 e. The monoisotopic (exact) mass is 400 g/mol. The molecule has 2 saturated heterocycles. The highest BCUT2D eigenvalue weighted by Crippen LogP contribution is 2.32. The number of hydrazine groups is 1. The van der Waals surface area contributed by atoms with Crippen molar-refractivity contribution < 1.29 is 19.3 Å². The maximum absolute atomic E-state index is 12.8. The van der Waals surface area contributed by atoms with Crippen molar-refractivity contribution in [1.82, 2.24) is 15.8 Å². The molecule has 1 aromatic carbocycles. The maximum atomic E-state index is 12.8. The molecule has 8 nitrogen and oxygen atoms in total. The highest BCUT2D eigenvalue weighted by molar-refractivity contribution is 6.08. The number of rotatable bonds is 4. The van der Waals surface area contributed by atoms with Crippen LogP contribution in [-0.2, 0) is 9.59 Å². The molecule has 1 aliphatic carbocycles. The van der Waals surface area contributed by atoms with Crippen molar-refractivity contribution in [1.29, 1.82) is 0 Å². The van der Waals surface area contributed by atoms with E-state index in [1.807, 2.05) is 12.1 Å². The van der Waals surface area contributed by atoms with Crippen molar-refractivity contribution >= 4 is 23.5 Å². The van der Waals surface area contributed by atoms with E-state index in [4.69, 9.17) is 0 Å². The van der Waals surface area contributed by atoms with Gasteiger partial charge in [-0.2, -0.15) is 5.01 Å². The van der Waals surface area contributed by atoms with E-state index >= 15 is 0 Å². The first-order valence-electron chi connectivity index (χ1n) is 10.6. The quantitative estimate of drug-likeness (QED) is 0.621. The van der Waals surface area contributed by atoms with Crippen molar-refractivity contribution in [3.63, 3.8) is 0 Å². The summed E-state index contributed by atoms with van der Waals surface area (Å²) >= 11 is 0. The number of quaternary nitrogens is 1. The fourth-order valence-electron chi connectivity index (χ4n) is 4.77. The number of nitrogens with zero attached hydrogens (tertiary/aromatic N) is 2. The highest BCUT2D eigenvalue weighted by Gasteiger charge is 2.52. The number of benzene rings is 1. The molecule has 4 amide bonds. The smallest absolute Gasteiger partial charge is 0.344 e. The second-order valence-corrected chi connectivity index (χ2v) is 8.45. The van der Waals surface area contributed by atoms with Gasteiger partial charge in [-0.1, -0.05) is 37.5 Å². The highest BCUT2D eigenvalue weighted by atomic mass is 16.2. The molecule has 3 fully saturated rings. The zero-order valence-electron chi connectivity index (χ0n) is 17.0. The molecule has 1 aromatic rings. The predicted molar refractivity (Wildman–Crippen MR) is 108 cm³/mol. The van der Waals surface area contributed by atoms with Gasteiger partial charge in [0.05, 0.1) is 26.2 Å². The zero-order valence-corrected chi connectivity index (χ0v) is 17.0. The minimum Gasteiger partial charge on any atom is -0.360 e. The van der Waals surface area contributed by atoms with E-state index in [1.54, 1.807) is 0 Å². The van der Waals surface area contributed by atoms with Crippen molar-refractivity contribution in [3.05, 3.63) is 29.8 Å². The van der Waals surface area contributed by atoms with Gasteiger partial charge in [-0.25, -0.2) is 4.79 Å². The minimum absolute atomic E-state index is 0.256. The summed E-state index contributed by atoms with van der Waals surface area (Å²) in [6, 6.07) is 7.82. The summed E-state index contributed by atoms with van der Waals surface area (Å²) in [5.74, 6) is -0.601. The van der Waals surface area contributed by atoms with E-state index in [0.29, 0.717) is 12.8 Å². The Balaban J connectivity index is 1.29. The van der Waals surface area contributed by atoms with Crippen LogP contribution in [0.4, 0.5) is 10.5 Å². The maximum Gasteiger partial charge on any atom is 0.344 e. The van der Waals surface area contributed by atoms with Gasteiger partial charge in [-0.05, 0) is 31.4 Å². The lowest BCUT2D eigenvalue weighted by Crippen LogP contribution is -3.16. The normalized spacial score (nSPS) is 22.1. The SMILES string of the molecule is Cc1ccccc1N1CC[NH+](CC(=O)NN2C(=O)NC3(CCCCC3)C2=O)CC1. The zero-order chi connectivity index (χ0) is 20.4. The fraction of sp³-hybridized carbons (Fsp3) is 0.571. The summed E-state index contributed by atoms with van der Waals surface area (Å²) in [6.45, 7) is 5.79. The molecular formula is C21H30N5O3+. The van der Waals surface area contributed by atoms with Gasteiger partial charge in [-0.3, -0.25) is 15.0 Å². The summed E-state index contributed by atoms with van der Waals surface area (Å²) in [5.41, 5.74) is 4.23. The van der Waals surface area contributed by atoms with E-state index in [2.05, 4.69) is 34.7 Å². The van der Waals surface area contributed by atoms with Crippen LogP contribution in [0.2, 0.25) is 0 Å². The van der Waals surface area contributed by atoms with E-state index in [-0.39, 0.29) is 18.4 Å². The van der Waals surface area contributed by atoms with Gasteiger partial charge in [0, 0.05) is 5.69 Å². The fourth-order valence-corrected chi connectivity index (χ4v) is 4.77. The molecule has 3 N–H and O–H groups in total. The molecule has 0 aromatic heterocycles. The van der Waals surface area contributed by atoms with E-state index < -0.39 is 11.6 Å². The lowest BCUT2D eigenvalue weighted by molar-refractivity contribution is -0.892. The third-order valence-electron chi connectivity index (χ3n) is 6.44. The van der Waals surface area contributed by atoms with Crippen LogP contribution in [-0.4, -0.2) is 61.1 Å². The first kappa shape index (κ1) is 19.7. The van der Waals surface area contributed by atoms with Gasteiger partial charge < -0.3 is 15.1 Å². The Labute approximate surface area is 171 Å². The summed E-state index contributed by atoms with van der Waals surface area (Å²) < 4.78 is 0. The molecule has 0 unspecified atom stereocenters. The number of amides is 4. The second kappa shape index (κ2) is 8.02. The van der Waals surface area contributed by atoms with Crippen LogP contribution in [0.3, 0.4) is 0 Å². The Morgan fingerprint density at radius 1 is 1.14 bits per heavy atom. The number of carbonyl (C=O) groups is 3. The van der Waals surface area contributed by atoms with E-state index in [1.165, 1.54) is 11.3 Å². The number of carbonyl (C=O) groups excluding carboxylic acids is 3.